The number of carbonyl (C=O) groups excluding carboxylic acids is 2. The Morgan fingerprint density at radius 2 is 1.36 bits per heavy atom. The Balaban J connectivity index is 0.000000212. The van der Waals surface area contributed by atoms with E-state index in [9.17, 15) is 18.4 Å². The maximum atomic E-state index is 13.8. The average molecular weight is 901 g/mol. The van der Waals surface area contributed by atoms with Crippen LogP contribution in [0.4, 0.5) is 8.78 Å². The van der Waals surface area contributed by atoms with Gasteiger partial charge in [-0.2, -0.15) is 10.2 Å². The molecular formula is C44H52F2N12O5Si. The summed E-state index contributed by atoms with van der Waals surface area (Å²) in [5, 5.41) is 15.8. The third kappa shape index (κ3) is 9.99. The van der Waals surface area contributed by atoms with Gasteiger partial charge in [0.25, 0.3) is 11.8 Å². The molecular weight excluding hydrogens is 843 g/mol. The van der Waals surface area contributed by atoms with Gasteiger partial charge in [-0.3, -0.25) is 19.0 Å². The number of fused-ring (bicyclic) bond motifs is 4. The van der Waals surface area contributed by atoms with Crippen molar-refractivity contribution in [1.29, 1.82) is 0 Å². The second-order valence-electron chi connectivity index (χ2n) is 16.6. The summed E-state index contributed by atoms with van der Waals surface area (Å²) in [6.07, 6.45) is 6.20. The van der Waals surface area contributed by atoms with E-state index in [-0.39, 0.29) is 42.7 Å². The van der Waals surface area contributed by atoms with E-state index >= 15 is 0 Å². The van der Waals surface area contributed by atoms with E-state index in [0.29, 0.717) is 73.5 Å². The quantitative estimate of drug-likeness (QED) is 0.0740. The van der Waals surface area contributed by atoms with Crippen molar-refractivity contribution < 1.29 is 40.8 Å². The lowest BCUT2D eigenvalue weighted by Gasteiger charge is -2.15. The number of nitrogens with one attached hydrogen (secondary N) is 3. The van der Waals surface area contributed by atoms with E-state index in [1.165, 1.54) is 36.7 Å². The number of H-pyrrole nitrogens is 1. The first-order chi connectivity index (χ1) is 32.8. The monoisotopic (exact) mass is 900 g/mol. The summed E-state index contributed by atoms with van der Waals surface area (Å²) in [5.74, 6) is -1.65. The first kappa shape index (κ1) is 38.0. The van der Waals surface area contributed by atoms with Gasteiger partial charge >= 0.3 is 0 Å². The summed E-state index contributed by atoms with van der Waals surface area (Å²) < 4.78 is 90.6. The summed E-state index contributed by atoms with van der Waals surface area (Å²) in [6.45, 7) is 10.5. The van der Waals surface area contributed by atoms with E-state index < -0.39 is 46.0 Å². The fourth-order valence-corrected chi connectivity index (χ4v) is 7.68. The number of methoxy groups -OCH3 is 2. The van der Waals surface area contributed by atoms with Gasteiger partial charge in [0.1, 0.15) is 52.2 Å². The van der Waals surface area contributed by atoms with Crippen LogP contribution in [0.1, 0.15) is 42.8 Å². The number of hydrogen-bond acceptors (Lipinski definition) is 11. The highest BCUT2D eigenvalue weighted by Crippen LogP contribution is 2.30. The molecule has 2 aromatic carbocycles. The second-order valence-corrected chi connectivity index (χ2v) is 22.2. The average Bonchev–Trinajstić information content (AvgIpc) is 4.04. The molecule has 336 valence electrons. The molecule has 0 radical (unpaired) electrons. The van der Waals surface area contributed by atoms with E-state index in [1.54, 1.807) is 66.4 Å². The molecule has 0 spiro atoms. The Kier molecular flexibility index (Phi) is 11.3. The first-order valence-corrected chi connectivity index (χ1v) is 24.0. The van der Waals surface area contributed by atoms with Crippen LogP contribution in [0.3, 0.4) is 0 Å². The van der Waals surface area contributed by atoms with Gasteiger partial charge in [0.2, 0.25) is 0 Å². The SMILES string of the molecule is [2H]C([2H])([2H])OC[C@H](C)NC(=O)c1c[nH]c2ncc(-c3nn(C)c4cc(F)ccc34)nc12.[2H]C([2H])([2H])OC[C@H](C)NC(=O)c1cn(COCC[Si](C)(C)C)c2ncc(-c3nn(C)c4cc(F)ccc34)nc12. The highest BCUT2D eigenvalue weighted by atomic mass is 28.3. The number of ether oxygens (including phenoxy) is 3. The lowest BCUT2D eigenvalue weighted by Crippen LogP contribution is -2.35. The number of aromatic amines is 1. The van der Waals surface area contributed by atoms with Gasteiger partial charge < -0.3 is 34.4 Å². The second kappa shape index (κ2) is 19.1. The van der Waals surface area contributed by atoms with Crippen molar-refractivity contribution in [2.45, 2.75) is 58.3 Å². The highest BCUT2D eigenvalue weighted by molar-refractivity contribution is 6.76. The van der Waals surface area contributed by atoms with Gasteiger partial charge in [0.15, 0.2) is 11.3 Å². The number of hydrogen-bond donors (Lipinski definition) is 3. The summed E-state index contributed by atoms with van der Waals surface area (Å²) in [7, 11) is -2.95. The van der Waals surface area contributed by atoms with Crippen LogP contribution in [0.15, 0.2) is 61.2 Å². The van der Waals surface area contributed by atoms with Gasteiger partial charge in [-0.15, -0.1) is 0 Å². The minimum Gasteiger partial charge on any atom is -0.383 e. The van der Waals surface area contributed by atoms with Gasteiger partial charge in [0, 0.05) is 78.1 Å². The van der Waals surface area contributed by atoms with Crippen LogP contribution in [-0.4, -0.2) is 115 Å². The van der Waals surface area contributed by atoms with E-state index in [1.807, 2.05) is 0 Å². The van der Waals surface area contributed by atoms with Crippen LogP contribution in [-0.2, 0) is 35.0 Å². The van der Waals surface area contributed by atoms with E-state index in [2.05, 4.69) is 60.4 Å². The lowest BCUT2D eigenvalue weighted by molar-refractivity contribution is 0.0879. The molecule has 0 aliphatic rings. The molecule has 2 amide bonds. The van der Waals surface area contributed by atoms with Crippen LogP contribution < -0.4 is 10.6 Å². The number of nitrogens with zero attached hydrogens (tertiary/aromatic N) is 9. The smallest absolute Gasteiger partial charge is 0.255 e. The van der Waals surface area contributed by atoms with Crippen molar-refractivity contribution in [2.24, 2.45) is 14.1 Å². The van der Waals surface area contributed by atoms with Crippen molar-refractivity contribution in [1.82, 2.24) is 59.7 Å². The van der Waals surface area contributed by atoms with E-state index in [0.717, 1.165) is 6.04 Å². The summed E-state index contributed by atoms with van der Waals surface area (Å²) >= 11 is 0. The molecule has 0 fully saturated rings. The standard InChI is InChI=1S/C25H33FN6O3Si.C19H19FN6O2/c1-16(14-34-3)28-25(33)19-13-32(15-35-9-10-36(4,5)6)24-23(19)29-20(12-27-24)22-18-8-7-17(26)11-21(18)31(2)30-22;1-10(9-28-3)23-19(27)13-7-21-18-17(13)24-14(8-22-18)16-12-5-4-11(20)6-15(12)26(2)25-16/h7-8,11-13,16H,9-10,14-15H2,1-6H3,(H,28,33);4-8,10H,9H2,1-3H3,(H,21,22)(H,23,27)/t16-;10-/m00/s1/i2*3D3. The minimum atomic E-state index is -2.56. The number of halogens is 2. The maximum Gasteiger partial charge on any atom is 0.255 e. The highest BCUT2D eigenvalue weighted by Gasteiger charge is 2.23. The third-order valence-corrected chi connectivity index (χ3v) is 11.9. The lowest BCUT2D eigenvalue weighted by atomic mass is 10.1. The minimum absolute atomic E-state index is 0.169. The molecule has 6 heterocycles. The third-order valence-electron chi connectivity index (χ3n) is 10.2. The van der Waals surface area contributed by atoms with Gasteiger partial charge in [-0.1, -0.05) is 19.6 Å². The molecule has 2 atom stereocenters. The maximum absolute atomic E-state index is 13.8. The molecule has 0 saturated heterocycles. The molecule has 64 heavy (non-hydrogen) atoms. The summed E-state index contributed by atoms with van der Waals surface area (Å²) in [6, 6.07) is 8.62. The number of rotatable bonds is 15. The molecule has 0 aliphatic heterocycles. The zero-order valence-corrected chi connectivity index (χ0v) is 37.3. The zero-order chi connectivity index (χ0) is 50.9. The Morgan fingerprint density at radius 1 is 0.812 bits per heavy atom. The van der Waals surface area contributed by atoms with Gasteiger partial charge in [-0.25, -0.2) is 28.7 Å². The number of aromatic nitrogens is 10. The molecule has 20 heteroatoms. The van der Waals surface area contributed by atoms with Crippen molar-refractivity contribution in [3.63, 3.8) is 0 Å². The predicted octanol–water partition coefficient (Wildman–Crippen LogP) is 6.62. The zero-order valence-electron chi connectivity index (χ0n) is 42.3. The summed E-state index contributed by atoms with van der Waals surface area (Å²) in [4.78, 5) is 47.1. The number of benzene rings is 2. The molecule has 0 unspecified atom stereocenters. The molecule has 6 aromatic heterocycles. The molecule has 0 saturated carbocycles. The Hall–Kier alpha value is -6.48. The normalized spacial score (nSPS) is 14.6. The van der Waals surface area contributed by atoms with Crippen LogP contribution in [0.2, 0.25) is 25.7 Å². The predicted molar refractivity (Wildman–Crippen MR) is 242 cm³/mol. The molecule has 8 rings (SSSR count). The van der Waals surface area contributed by atoms with E-state index in [4.69, 9.17) is 27.4 Å². The van der Waals surface area contributed by atoms with Crippen molar-refractivity contribution in [2.75, 3.05) is 33.9 Å². The Morgan fingerprint density at radius 3 is 1.92 bits per heavy atom. The number of aryl methyl sites for hydroxylation is 2. The van der Waals surface area contributed by atoms with Crippen LogP contribution >= 0.6 is 0 Å². The molecule has 17 nitrogen and oxygen atoms in total. The van der Waals surface area contributed by atoms with Crippen molar-refractivity contribution in [3.8, 4) is 22.8 Å². The fourth-order valence-electron chi connectivity index (χ4n) is 6.93. The van der Waals surface area contributed by atoms with Crippen LogP contribution in [0.5, 0.6) is 0 Å². The van der Waals surface area contributed by atoms with Crippen molar-refractivity contribution >= 4 is 64.0 Å². The molecule has 3 N–H and O–H groups in total. The van der Waals surface area contributed by atoms with Crippen LogP contribution in [0.25, 0.3) is 66.9 Å². The van der Waals surface area contributed by atoms with Crippen molar-refractivity contribution in [3.05, 3.63) is 83.9 Å². The topological polar surface area (TPSA) is 194 Å². The molecule has 0 aliphatic carbocycles. The fraction of sp³-hybridized carbons (Fsp3) is 0.364. The van der Waals surface area contributed by atoms with Gasteiger partial charge in [0.05, 0.1) is 56.0 Å². The Labute approximate surface area is 377 Å². The van der Waals surface area contributed by atoms with Crippen LogP contribution in [0, 0.1) is 11.6 Å². The van der Waals surface area contributed by atoms with Gasteiger partial charge in [-0.05, 0) is 56.3 Å². The summed E-state index contributed by atoms with van der Waals surface area (Å²) in [5.41, 5.74) is 5.10. The first-order valence-electron chi connectivity index (χ1n) is 23.3. The molecule has 8 aromatic rings. The Bertz CT molecular complexity index is 3200. The molecule has 0 bridgehead atoms. The number of carbonyl (C=O) groups is 2. The number of amides is 2. The largest absolute Gasteiger partial charge is 0.383 e.